The highest BCUT2D eigenvalue weighted by atomic mass is 32.1. The zero-order chi connectivity index (χ0) is 16.5. The average molecular weight is 343 g/mol. The fourth-order valence-electron chi connectivity index (χ4n) is 2.51. The van der Waals surface area contributed by atoms with Gasteiger partial charge in [0.15, 0.2) is 17.3 Å². The quantitative estimate of drug-likeness (QED) is 0.581. The third kappa shape index (κ3) is 2.46. The van der Waals surface area contributed by atoms with E-state index in [0.29, 0.717) is 42.3 Å². The van der Waals surface area contributed by atoms with E-state index in [2.05, 4.69) is 20.1 Å². The van der Waals surface area contributed by atoms with Gasteiger partial charge in [0, 0.05) is 13.1 Å². The maximum absolute atomic E-state index is 11.9. The lowest BCUT2D eigenvalue weighted by Crippen LogP contribution is -2.16. The number of rotatable bonds is 5. The van der Waals surface area contributed by atoms with Gasteiger partial charge >= 0.3 is 5.76 Å². The molecule has 0 bridgehead atoms. The summed E-state index contributed by atoms with van der Waals surface area (Å²) in [5, 5.41) is 5.80. The molecule has 0 saturated carbocycles. The van der Waals surface area contributed by atoms with Crippen LogP contribution in [0, 0.1) is 0 Å². The molecule has 0 saturated heterocycles. The molecule has 0 fully saturated rings. The van der Waals surface area contributed by atoms with Crippen molar-refractivity contribution in [3.8, 4) is 10.7 Å². The fraction of sp³-hybridized carbons (Fsp3) is 0.214. The number of aromatic nitrogens is 6. The van der Waals surface area contributed by atoms with Gasteiger partial charge in [-0.3, -0.25) is 9.09 Å². The minimum absolute atomic E-state index is 0.356. The van der Waals surface area contributed by atoms with E-state index in [1.165, 1.54) is 22.2 Å². The highest BCUT2D eigenvalue weighted by molar-refractivity contribution is 7.13. The van der Waals surface area contributed by atoms with Crippen molar-refractivity contribution in [3.05, 3.63) is 40.7 Å². The number of anilines is 1. The van der Waals surface area contributed by atoms with E-state index in [-0.39, 0.29) is 0 Å². The van der Waals surface area contributed by atoms with Crippen LogP contribution in [0.1, 0.15) is 6.42 Å². The molecule has 0 aliphatic rings. The number of nitrogens with zero attached hydrogens (tertiary/aromatic N) is 6. The van der Waals surface area contributed by atoms with Crippen LogP contribution in [0.25, 0.3) is 21.9 Å². The number of thiophene rings is 1. The topological polar surface area (TPSA) is 118 Å². The molecule has 4 aromatic rings. The first-order chi connectivity index (χ1) is 11.7. The summed E-state index contributed by atoms with van der Waals surface area (Å²) in [5.41, 5.74) is 7.04. The first-order valence-corrected chi connectivity index (χ1v) is 8.13. The lowest BCUT2D eigenvalue weighted by molar-refractivity contribution is 0.373. The Labute approximate surface area is 139 Å². The average Bonchev–Trinajstić information content (AvgIpc) is 3.29. The summed E-state index contributed by atoms with van der Waals surface area (Å²) in [6, 6.07) is 3.81. The minimum Gasteiger partial charge on any atom is -0.382 e. The summed E-state index contributed by atoms with van der Waals surface area (Å²) in [5.74, 6) is 0.450. The number of hydrogen-bond donors (Lipinski definition) is 1. The normalized spacial score (nSPS) is 11.3. The van der Waals surface area contributed by atoms with Gasteiger partial charge in [0.05, 0.1) is 11.2 Å². The number of imidazole rings is 1. The molecule has 4 heterocycles. The molecule has 122 valence electrons. The molecular formula is C14H13N7O2S. The van der Waals surface area contributed by atoms with E-state index in [1.807, 2.05) is 22.1 Å². The molecule has 9 nitrogen and oxygen atoms in total. The molecule has 4 aromatic heterocycles. The Hall–Kier alpha value is -3.01. The van der Waals surface area contributed by atoms with Gasteiger partial charge < -0.3 is 10.3 Å². The molecule has 0 spiro atoms. The largest absolute Gasteiger partial charge is 0.441 e. The summed E-state index contributed by atoms with van der Waals surface area (Å²) >= 11 is 1.51. The zero-order valence-corrected chi connectivity index (χ0v) is 13.3. The van der Waals surface area contributed by atoms with Gasteiger partial charge in [0.1, 0.15) is 11.8 Å². The second kappa shape index (κ2) is 5.89. The molecule has 0 atom stereocenters. The van der Waals surface area contributed by atoms with Crippen molar-refractivity contribution in [1.29, 1.82) is 0 Å². The van der Waals surface area contributed by atoms with Crippen LogP contribution in [0.3, 0.4) is 0 Å². The number of nitrogen functional groups attached to an aromatic ring is 1. The van der Waals surface area contributed by atoms with Gasteiger partial charge in [-0.2, -0.15) is 0 Å². The van der Waals surface area contributed by atoms with Crippen molar-refractivity contribution in [2.75, 3.05) is 5.73 Å². The molecule has 0 aromatic carbocycles. The zero-order valence-electron chi connectivity index (χ0n) is 12.5. The summed E-state index contributed by atoms with van der Waals surface area (Å²) < 4.78 is 8.22. The van der Waals surface area contributed by atoms with Gasteiger partial charge in [-0.15, -0.1) is 11.3 Å². The Kier molecular flexibility index (Phi) is 3.58. The van der Waals surface area contributed by atoms with Crippen LogP contribution in [0.15, 0.2) is 39.5 Å². The molecule has 0 aliphatic carbocycles. The smallest absolute Gasteiger partial charge is 0.382 e. The van der Waals surface area contributed by atoms with Crippen molar-refractivity contribution in [2.24, 2.45) is 0 Å². The SMILES string of the molecule is Nc1ncnc2c1ncn2CCCn1c(-c2cccs2)noc1=O. The van der Waals surface area contributed by atoms with Gasteiger partial charge in [0.2, 0.25) is 0 Å². The number of aryl methyl sites for hydroxylation is 1. The molecule has 0 amide bonds. The highest BCUT2D eigenvalue weighted by Crippen LogP contribution is 2.22. The summed E-state index contributed by atoms with van der Waals surface area (Å²) in [6.45, 7) is 1.12. The van der Waals surface area contributed by atoms with E-state index >= 15 is 0 Å². The lowest BCUT2D eigenvalue weighted by atomic mass is 10.3. The predicted molar refractivity (Wildman–Crippen MR) is 88.4 cm³/mol. The standard InChI is InChI=1S/C14H13N7O2S/c15-11-10-13(17-7-16-11)20(8-18-10)4-2-5-21-12(19-23-14(21)22)9-3-1-6-24-9/h1,3,6-8H,2,4-5H2,(H2,15,16,17). The minimum atomic E-state index is -0.458. The number of fused-ring (bicyclic) bond motifs is 1. The van der Waals surface area contributed by atoms with E-state index in [1.54, 1.807) is 6.33 Å². The Bertz CT molecular complexity index is 1030. The van der Waals surface area contributed by atoms with Crippen LogP contribution in [-0.2, 0) is 13.1 Å². The molecule has 10 heteroatoms. The van der Waals surface area contributed by atoms with Crippen LogP contribution in [0.2, 0.25) is 0 Å². The fourth-order valence-corrected chi connectivity index (χ4v) is 3.22. The predicted octanol–water partition coefficient (Wildman–Crippen LogP) is 1.38. The monoisotopic (exact) mass is 343 g/mol. The molecule has 0 radical (unpaired) electrons. The summed E-state index contributed by atoms with van der Waals surface area (Å²) in [7, 11) is 0. The van der Waals surface area contributed by atoms with Crippen molar-refractivity contribution in [3.63, 3.8) is 0 Å². The van der Waals surface area contributed by atoms with Crippen molar-refractivity contribution < 1.29 is 4.52 Å². The van der Waals surface area contributed by atoms with Crippen LogP contribution >= 0.6 is 11.3 Å². The second-order valence-electron chi connectivity index (χ2n) is 5.12. The van der Waals surface area contributed by atoms with E-state index < -0.39 is 5.76 Å². The van der Waals surface area contributed by atoms with Crippen LogP contribution in [0.4, 0.5) is 5.82 Å². The Morgan fingerprint density at radius 3 is 3.00 bits per heavy atom. The molecule has 4 rings (SSSR count). The summed E-state index contributed by atoms with van der Waals surface area (Å²) in [6.07, 6.45) is 3.77. The summed E-state index contributed by atoms with van der Waals surface area (Å²) in [4.78, 5) is 25.1. The second-order valence-corrected chi connectivity index (χ2v) is 6.07. The van der Waals surface area contributed by atoms with Gasteiger partial charge in [-0.1, -0.05) is 11.2 Å². The first kappa shape index (κ1) is 14.6. The number of hydrogen-bond acceptors (Lipinski definition) is 8. The van der Waals surface area contributed by atoms with Crippen LogP contribution in [-0.4, -0.2) is 29.2 Å². The molecule has 0 unspecified atom stereocenters. The maximum atomic E-state index is 11.9. The Balaban J connectivity index is 1.53. The highest BCUT2D eigenvalue weighted by Gasteiger charge is 2.14. The third-order valence-corrected chi connectivity index (χ3v) is 4.50. The molecule has 24 heavy (non-hydrogen) atoms. The molecular weight excluding hydrogens is 330 g/mol. The van der Waals surface area contributed by atoms with Gasteiger partial charge in [-0.05, 0) is 17.9 Å². The molecule has 2 N–H and O–H groups in total. The van der Waals surface area contributed by atoms with E-state index in [0.717, 1.165) is 4.88 Å². The Morgan fingerprint density at radius 2 is 2.17 bits per heavy atom. The lowest BCUT2D eigenvalue weighted by Gasteiger charge is -2.05. The van der Waals surface area contributed by atoms with E-state index in [4.69, 9.17) is 10.3 Å². The number of nitrogens with two attached hydrogens (primary N) is 1. The maximum Gasteiger partial charge on any atom is 0.441 e. The van der Waals surface area contributed by atoms with Crippen molar-refractivity contribution in [2.45, 2.75) is 19.5 Å². The van der Waals surface area contributed by atoms with Crippen molar-refractivity contribution in [1.82, 2.24) is 29.2 Å². The van der Waals surface area contributed by atoms with E-state index in [9.17, 15) is 4.79 Å². The van der Waals surface area contributed by atoms with Crippen LogP contribution < -0.4 is 11.5 Å². The molecule has 0 aliphatic heterocycles. The van der Waals surface area contributed by atoms with Crippen LogP contribution in [0.5, 0.6) is 0 Å². The van der Waals surface area contributed by atoms with Gasteiger partial charge in [0.25, 0.3) is 0 Å². The third-order valence-electron chi connectivity index (χ3n) is 3.64. The first-order valence-electron chi connectivity index (χ1n) is 7.26. The van der Waals surface area contributed by atoms with Crippen molar-refractivity contribution >= 4 is 28.3 Å². The van der Waals surface area contributed by atoms with Gasteiger partial charge in [-0.25, -0.2) is 19.7 Å². The Morgan fingerprint density at radius 1 is 1.25 bits per heavy atom.